The topological polar surface area (TPSA) is 110 Å². The lowest BCUT2D eigenvalue weighted by Crippen LogP contribution is -2.36. The van der Waals surface area contributed by atoms with Gasteiger partial charge in [0.15, 0.2) is 5.13 Å². The summed E-state index contributed by atoms with van der Waals surface area (Å²) >= 11 is 1.58. The highest BCUT2D eigenvalue weighted by atomic mass is 32.2. The zero-order valence-corrected chi connectivity index (χ0v) is 19.9. The molecule has 4 rings (SSSR count). The van der Waals surface area contributed by atoms with Gasteiger partial charge in [-0.2, -0.15) is 0 Å². The van der Waals surface area contributed by atoms with E-state index in [-0.39, 0.29) is 23.8 Å². The highest BCUT2D eigenvalue weighted by Crippen LogP contribution is 2.31. The van der Waals surface area contributed by atoms with Gasteiger partial charge in [0.2, 0.25) is 15.9 Å². The maximum absolute atomic E-state index is 12.4. The third-order valence-electron chi connectivity index (χ3n) is 5.03. The van der Waals surface area contributed by atoms with Crippen molar-refractivity contribution in [1.82, 2.24) is 9.71 Å². The number of morpholine rings is 1. The van der Waals surface area contributed by atoms with Crippen LogP contribution >= 0.6 is 11.3 Å². The molecule has 1 aliphatic rings. The molecule has 2 heterocycles. The Bertz CT molecular complexity index is 1210. The molecule has 2 aromatic carbocycles. The minimum atomic E-state index is -3.70. The van der Waals surface area contributed by atoms with Crippen molar-refractivity contribution < 1.29 is 22.7 Å². The number of sulfonamides is 1. The Balaban J connectivity index is 1.30. The fraction of sp³-hybridized carbons (Fsp3) is 0.364. The molecule has 0 radical (unpaired) electrons. The number of fused-ring (bicyclic) bond motifs is 1. The van der Waals surface area contributed by atoms with Gasteiger partial charge in [0.05, 0.1) is 34.9 Å². The first-order chi connectivity index (χ1) is 15.9. The van der Waals surface area contributed by atoms with Gasteiger partial charge in [-0.25, -0.2) is 18.1 Å². The SMILES string of the molecule is CCOc1ccc(S(=O)(=O)NCCC(=O)Nc2ccc3nc(N4CCOCC4)sc3c2)cc1. The summed E-state index contributed by atoms with van der Waals surface area (Å²) in [5.74, 6) is 0.326. The van der Waals surface area contributed by atoms with E-state index in [1.165, 1.54) is 12.1 Å². The van der Waals surface area contributed by atoms with Crippen molar-refractivity contribution in [1.29, 1.82) is 0 Å². The number of nitrogens with zero attached hydrogens (tertiary/aromatic N) is 2. The van der Waals surface area contributed by atoms with Gasteiger partial charge in [-0.3, -0.25) is 4.79 Å². The molecule has 2 N–H and O–H groups in total. The van der Waals surface area contributed by atoms with E-state index in [9.17, 15) is 13.2 Å². The molecular formula is C22H26N4O5S2. The second-order valence-corrected chi connectivity index (χ2v) is 10.2. The van der Waals surface area contributed by atoms with E-state index in [4.69, 9.17) is 9.47 Å². The molecule has 1 aliphatic heterocycles. The fourth-order valence-corrected chi connectivity index (χ4v) is 5.46. The van der Waals surface area contributed by atoms with Gasteiger partial charge >= 0.3 is 0 Å². The largest absolute Gasteiger partial charge is 0.494 e. The first-order valence-electron chi connectivity index (χ1n) is 10.7. The monoisotopic (exact) mass is 490 g/mol. The number of benzene rings is 2. The van der Waals surface area contributed by atoms with Crippen LogP contribution in [0.25, 0.3) is 10.2 Å². The number of hydrogen-bond acceptors (Lipinski definition) is 8. The van der Waals surface area contributed by atoms with Crippen molar-refractivity contribution in [2.24, 2.45) is 0 Å². The average Bonchev–Trinajstić information content (AvgIpc) is 3.24. The van der Waals surface area contributed by atoms with Crippen LogP contribution in [0.1, 0.15) is 13.3 Å². The van der Waals surface area contributed by atoms with Crippen molar-refractivity contribution >= 4 is 48.3 Å². The molecule has 176 valence electrons. The summed E-state index contributed by atoms with van der Waals surface area (Å²) in [5.41, 5.74) is 1.53. The summed E-state index contributed by atoms with van der Waals surface area (Å²) in [4.78, 5) is 19.3. The van der Waals surface area contributed by atoms with Gasteiger partial charge in [-0.1, -0.05) is 11.3 Å². The lowest BCUT2D eigenvalue weighted by molar-refractivity contribution is -0.116. The second-order valence-electron chi connectivity index (χ2n) is 7.38. The third-order valence-corrected chi connectivity index (χ3v) is 7.59. The molecule has 0 unspecified atom stereocenters. The summed E-state index contributed by atoms with van der Waals surface area (Å²) in [6.45, 7) is 5.37. The Morgan fingerprint density at radius 3 is 2.67 bits per heavy atom. The van der Waals surface area contributed by atoms with Gasteiger partial charge < -0.3 is 19.7 Å². The Kier molecular flexibility index (Phi) is 7.43. The molecule has 3 aromatic rings. The maximum Gasteiger partial charge on any atom is 0.240 e. The van der Waals surface area contributed by atoms with E-state index in [1.54, 1.807) is 29.5 Å². The Labute approximate surface area is 196 Å². The van der Waals surface area contributed by atoms with Crippen molar-refractivity contribution in [2.45, 2.75) is 18.2 Å². The van der Waals surface area contributed by atoms with Crippen molar-refractivity contribution in [3.63, 3.8) is 0 Å². The number of hydrogen-bond donors (Lipinski definition) is 2. The van der Waals surface area contributed by atoms with E-state index in [2.05, 4.69) is 19.9 Å². The van der Waals surface area contributed by atoms with Gasteiger partial charge in [-0.05, 0) is 49.4 Å². The lowest BCUT2D eigenvalue weighted by atomic mass is 10.3. The molecule has 0 bridgehead atoms. The summed E-state index contributed by atoms with van der Waals surface area (Å²) in [5, 5.41) is 3.77. The molecule has 1 saturated heterocycles. The fourth-order valence-electron chi connectivity index (χ4n) is 3.37. The first kappa shape index (κ1) is 23.4. The second kappa shape index (κ2) is 10.5. The van der Waals surface area contributed by atoms with Crippen molar-refractivity contribution in [2.75, 3.05) is 49.7 Å². The number of rotatable bonds is 9. The highest BCUT2D eigenvalue weighted by Gasteiger charge is 2.17. The lowest BCUT2D eigenvalue weighted by Gasteiger charge is -2.25. The highest BCUT2D eigenvalue weighted by molar-refractivity contribution is 7.89. The summed E-state index contributed by atoms with van der Waals surface area (Å²) in [6, 6.07) is 11.7. The smallest absolute Gasteiger partial charge is 0.240 e. The van der Waals surface area contributed by atoms with Crippen LogP contribution in [0, 0.1) is 0 Å². The van der Waals surface area contributed by atoms with E-state index < -0.39 is 10.0 Å². The van der Waals surface area contributed by atoms with Crippen LogP contribution in [0.5, 0.6) is 5.75 Å². The minimum Gasteiger partial charge on any atom is -0.494 e. The number of ether oxygens (including phenoxy) is 2. The van der Waals surface area contributed by atoms with Gasteiger partial charge in [-0.15, -0.1) is 0 Å². The van der Waals surface area contributed by atoms with E-state index in [0.717, 1.165) is 28.4 Å². The number of anilines is 2. The number of carbonyl (C=O) groups excluding carboxylic acids is 1. The van der Waals surface area contributed by atoms with Crippen LogP contribution in [-0.2, 0) is 19.6 Å². The molecule has 1 aromatic heterocycles. The van der Waals surface area contributed by atoms with Crippen LogP contribution in [0.2, 0.25) is 0 Å². The number of amides is 1. The predicted molar refractivity (Wildman–Crippen MR) is 129 cm³/mol. The summed E-state index contributed by atoms with van der Waals surface area (Å²) in [6.07, 6.45) is 0.00994. The van der Waals surface area contributed by atoms with Crippen LogP contribution in [0.15, 0.2) is 47.4 Å². The molecule has 33 heavy (non-hydrogen) atoms. The van der Waals surface area contributed by atoms with Crippen LogP contribution in [0.4, 0.5) is 10.8 Å². The van der Waals surface area contributed by atoms with E-state index in [1.807, 2.05) is 19.1 Å². The minimum absolute atomic E-state index is 0.00857. The average molecular weight is 491 g/mol. The molecular weight excluding hydrogens is 464 g/mol. The molecule has 9 nitrogen and oxygen atoms in total. The number of carbonyl (C=O) groups is 1. The van der Waals surface area contributed by atoms with Crippen LogP contribution in [0.3, 0.4) is 0 Å². The third kappa shape index (κ3) is 5.99. The molecule has 0 saturated carbocycles. The maximum atomic E-state index is 12.4. The number of aromatic nitrogens is 1. The molecule has 1 amide bonds. The summed E-state index contributed by atoms with van der Waals surface area (Å²) in [7, 11) is -3.70. The zero-order chi connectivity index (χ0) is 23.3. The number of thiazole rings is 1. The quantitative estimate of drug-likeness (QED) is 0.475. The molecule has 11 heteroatoms. The standard InChI is InChI=1S/C22H26N4O5S2/c1-2-31-17-4-6-18(7-5-17)33(28,29)23-10-9-21(27)24-16-3-8-19-20(15-16)32-22(25-19)26-11-13-30-14-12-26/h3-8,15,23H,2,9-14H2,1H3,(H,24,27). The Morgan fingerprint density at radius 2 is 1.94 bits per heavy atom. The van der Waals surface area contributed by atoms with Crippen LogP contribution < -0.4 is 19.7 Å². The van der Waals surface area contributed by atoms with E-state index in [0.29, 0.717) is 31.3 Å². The van der Waals surface area contributed by atoms with Gasteiger partial charge in [0.1, 0.15) is 5.75 Å². The predicted octanol–water partition coefficient (Wildman–Crippen LogP) is 2.84. The molecule has 0 spiro atoms. The molecule has 0 aliphatic carbocycles. The molecule has 0 atom stereocenters. The molecule has 1 fully saturated rings. The zero-order valence-electron chi connectivity index (χ0n) is 18.2. The van der Waals surface area contributed by atoms with Crippen LogP contribution in [-0.4, -0.2) is 58.8 Å². The van der Waals surface area contributed by atoms with Crippen molar-refractivity contribution in [3.05, 3.63) is 42.5 Å². The Morgan fingerprint density at radius 1 is 1.18 bits per heavy atom. The van der Waals surface area contributed by atoms with Gasteiger partial charge in [0, 0.05) is 31.7 Å². The first-order valence-corrected chi connectivity index (χ1v) is 13.0. The number of nitrogens with one attached hydrogen (secondary N) is 2. The van der Waals surface area contributed by atoms with Gasteiger partial charge in [0.25, 0.3) is 0 Å². The summed E-state index contributed by atoms with van der Waals surface area (Å²) < 4.78 is 39.0. The normalized spacial score (nSPS) is 14.4. The van der Waals surface area contributed by atoms with E-state index >= 15 is 0 Å². The Hall–Kier alpha value is -2.73. The van der Waals surface area contributed by atoms with Crippen molar-refractivity contribution in [3.8, 4) is 5.75 Å².